The van der Waals surface area contributed by atoms with Crippen LogP contribution in [0.4, 0.5) is 20.6 Å². The van der Waals surface area contributed by atoms with Crippen molar-refractivity contribution < 1.29 is 18.9 Å². The van der Waals surface area contributed by atoms with Crippen LogP contribution in [0.15, 0.2) is 42.5 Å². The fraction of sp³-hybridized carbons (Fsp3) is 0.300. The molecule has 1 aliphatic heterocycles. The van der Waals surface area contributed by atoms with Gasteiger partial charge >= 0.3 is 6.03 Å². The van der Waals surface area contributed by atoms with E-state index in [0.717, 1.165) is 6.07 Å². The van der Waals surface area contributed by atoms with E-state index >= 15 is 0 Å². The molecule has 30 heavy (non-hydrogen) atoms. The Morgan fingerprint density at radius 1 is 1.17 bits per heavy atom. The van der Waals surface area contributed by atoms with Crippen LogP contribution in [0.5, 0.6) is 0 Å². The van der Waals surface area contributed by atoms with Crippen molar-refractivity contribution in [1.82, 2.24) is 10.2 Å². The van der Waals surface area contributed by atoms with Crippen molar-refractivity contribution in [3.8, 4) is 0 Å². The van der Waals surface area contributed by atoms with Crippen LogP contribution >= 0.6 is 11.6 Å². The highest BCUT2D eigenvalue weighted by molar-refractivity contribution is 6.32. The lowest BCUT2D eigenvalue weighted by Gasteiger charge is -2.32. The number of halogens is 2. The summed E-state index contributed by atoms with van der Waals surface area (Å²) in [5.74, 6) is -0.596. The number of nitro benzene ring substituents is 1. The molecule has 1 saturated heterocycles. The molecule has 2 N–H and O–H groups in total. The predicted octanol–water partition coefficient (Wildman–Crippen LogP) is 4.06. The third-order valence-corrected chi connectivity index (χ3v) is 5.27. The average molecular weight is 435 g/mol. The maximum atomic E-state index is 12.9. The van der Waals surface area contributed by atoms with E-state index in [0.29, 0.717) is 38.2 Å². The number of urea groups is 1. The normalized spacial score (nSPS) is 14.3. The van der Waals surface area contributed by atoms with Gasteiger partial charge in [0.1, 0.15) is 10.8 Å². The fourth-order valence-corrected chi connectivity index (χ4v) is 3.40. The van der Waals surface area contributed by atoms with Crippen LogP contribution < -0.4 is 10.6 Å². The second-order valence-electron chi connectivity index (χ2n) is 7.00. The number of rotatable bonds is 5. The Kier molecular flexibility index (Phi) is 6.83. The molecule has 1 fully saturated rings. The van der Waals surface area contributed by atoms with Crippen molar-refractivity contribution in [2.24, 2.45) is 5.92 Å². The highest BCUT2D eigenvalue weighted by Gasteiger charge is 2.24. The maximum absolute atomic E-state index is 12.9. The van der Waals surface area contributed by atoms with Gasteiger partial charge in [0.05, 0.1) is 4.92 Å². The summed E-state index contributed by atoms with van der Waals surface area (Å²) in [6, 6.07) is 9.21. The number of nitrogens with one attached hydrogen (secondary N) is 2. The van der Waals surface area contributed by atoms with Crippen LogP contribution in [-0.4, -0.2) is 41.4 Å². The molecule has 8 nitrogen and oxygen atoms in total. The number of piperidine rings is 1. The first kappa shape index (κ1) is 21.5. The van der Waals surface area contributed by atoms with E-state index in [1.165, 1.54) is 36.4 Å². The molecular formula is C20H20ClFN4O4. The van der Waals surface area contributed by atoms with E-state index in [-0.39, 0.29) is 34.0 Å². The fourth-order valence-electron chi connectivity index (χ4n) is 3.21. The van der Waals surface area contributed by atoms with Gasteiger partial charge in [0.15, 0.2) is 0 Å². The molecule has 3 amide bonds. The second kappa shape index (κ2) is 9.53. The standard InChI is InChI=1S/C20H20ClFN4O4/c21-17-6-1-14(11-18(17)26(29)30)19(27)23-12-13-7-9-25(10-8-13)20(28)24-16-4-2-15(22)3-5-16/h1-6,11,13H,7-10,12H2,(H,23,27)(H,24,28). The zero-order chi connectivity index (χ0) is 21.7. The number of hydrogen-bond acceptors (Lipinski definition) is 4. The average Bonchev–Trinajstić information content (AvgIpc) is 2.74. The number of amides is 3. The Morgan fingerprint density at radius 3 is 2.47 bits per heavy atom. The molecule has 1 heterocycles. The molecule has 2 aromatic rings. The Labute approximate surface area is 177 Å². The number of nitro groups is 1. The highest BCUT2D eigenvalue weighted by atomic mass is 35.5. The van der Waals surface area contributed by atoms with Crippen molar-refractivity contribution in [2.45, 2.75) is 12.8 Å². The van der Waals surface area contributed by atoms with E-state index in [1.54, 1.807) is 4.90 Å². The molecule has 0 unspecified atom stereocenters. The number of nitrogens with zero attached hydrogens (tertiary/aromatic N) is 2. The lowest BCUT2D eigenvalue weighted by atomic mass is 9.97. The number of anilines is 1. The van der Waals surface area contributed by atoms with Crippen LogP contribution in [0.3, 0.4) is 0 Å². The monoisotopic (exact) mass is 434 g/mol. The summed E-state index contributed by atoms with van der Waals surface area (Å²) in [6.07, 6.45) is 1.41. The predicted molar refractivity (Wildman–Crippen MR) is 110 cm³/mol. The quantitative estimate of drug-likeness (QED) is 0.546. The van der Waals surface area contributed by atoms with Crippen LogP contribution in [-0.2, 0) is 0 Å². The SMILES string of the molecule is O=C(NCC1CCN(C(=O)Nc2ccc(F)cc2)CC1)c1ccc(Cl)c([N+](=O)[O-])c1. The minimum absolute atomic E-state index is 0.0252. The van der Waals surface area contributed by atoms with Gasteiger partial charge in [-0.25, -0.2) is 9.18 Å². The van der Waals surface area contributed by atoms with Crippen molar-refractivity contribution in [3.63, 3.8) is 0 Å². The smallest absolute Gasteiger partial charge is 0.321 e. The van der Waals surface area contributed by atoms with E-state index < -0.39 is 10.8 Å². The molecule has 1 aliphatic rings. The third kappa shape index (κ3) is 5.44. The Bertz CT molecular complexity index is 946. The first-order valence-corrected chi connectivity index (χ1v) is 9.75. The molecule has 0 spiro atoms. The summed E-state index contributed by atoms with van der Waals surface area (Å²) in [4.78, 5) is 36.6. The van der Waals surface area contributed by atoms with E-state index in [1.807, 2.05) is 0 Å². The van der Waals surface area contributed by atoms with Gasteiger partial charge in [0, 0.05) is 37.0 Å². The zero-order valence-electron chi connectivity index (χ0n) is 15.9. The molecule has 0 saturated carbocycles. The number of hydrogen-bond donors (Lipinski definition) is 2. The van der Waals surface area contributed by atoms with Crippen LogP contribution in [0.2, 0.25) is 5.02 Å². The Hall–Kier alpha value is -3.20. The molecule has 0 atom stereocenters. The summed E-state index contributed by atoms with van der Waals surface area (Å²) in [5.41, 5.74) is 0.375. The molecule has 10 heteroatoms. The summed E-state index contributed by atoms with van der Waals surface area (Å²) in [7, 11) is 0. The lowest BCUT2D eigenvalue weighted by Crippen LogP contribution is -2.43. The van der Waals surface area contributed by atoms with Gasteiger partial charge in [0.2, 0.25) is 0 Å². The Morgan fingerprint density at radius 2 is 1.83 bits per heavy atom. The highest BCUT2D eigenvalue weighted by Crippen LogP contribution is 2.25. The zero-order valence-corrected chi connectivity index (χ0v) is 16.7. The molecule has 0 radical (unpaired) electrons. The van der Waals surface area contributed by atoms with Crippen LogP contribution in [0.1, 0.15) is 23.2 Å². The van der Waals surface area contributed by atoms with Gasteiger partial charge in [-0.2, -0.15) is 0 Å². The van der Waals surface area contributed by atoms with Crippen LogP contribution in [0.25, 0.3) is 0 Å². The summed E-state index contributed by atoms with van der Waals surface area (Å²) >= 11 is 5.76. The topological polar surface area (TPSA) is 105 Å². The van der Waals surface area contributed by atoms with Gasteiger partial charge in [-0.05, 0) is 55.2 Å². The first-order valence-electron chi connectivity index (χ1n) is 9.37. The largest absolute Gasteiger partial charge is 0.352 e. The molecule has 3 rings (SSSR count). The summed E-state index contributed by atoms with van der Waals surface area (Å²) < 4.78 is 12.9. The summed E-state index contributed by atoms with van der Waals surface area (Å²) in [6.45, 7) is 1.46. The van der Waals surface area contributed by atoms with Gasteiger partial charge in [-0.15, -0.1) is 0 Å². The van der Waals surface area contributed by atoms with Crippen molar-refractivity contribution in [1.29, 1.82) is 0 Å². The van der Waals surface area contributed by atoms with E-state index in [4.69, 9.17) is 11.6 Å². The minimum Gasteiger partial charge on any atom is -0.352 e. The van der Waals surface area contributed by atoms with Crippen molar-refractivity contribution >= 4 is 34.9 Å². The van der Waals surface area contributed by atoms with Gasteiger partial charge in [0.25, 0.3) is 11.6 Å². The van der Waals surface area contributed by atoms with E-state index in [2.05, 4.69) is 10.6 Å². The molecular weight excluding hydrogens is 415 g/mol. The molecule has 0 bridgehead atoms. The van der Waals surface area contributed by atoms with Gasteiger partial charge in [-0.3, -0.25) is 14.9 Å². The van der Waals surface area contributed by atoms with Crippen molar-refractivity contribution in [2.75, 3.05) is 25.0 Å². The third-order valence-electron chi connectivity index (χ3n) is 4.95. The van der Waals surface area contributed by atoms with E-state index in [9.17, 15) is 24.1 Å². The van der Waals surface area contributed by atoms with Gasteiger partial charge in [-0.1, -0.05) is 11.6 Å². The van der Waals surface area contributed by atoms with Crippen LogP contribution in [0, 0.1) is 21.8 Å². The Balaban J connectivity index is 1.46. The summed E-state index contributed by atoms with van der Waals surface area (Å²) in [5, 5.41) is 16.4. The minimum atomic E-state index is -0.633. The molecule has 158 valence electrons. The number of benzene rings is 2. The number of likely N-dealkylation sites (tertiary alicyclic amines) is 1. The maximum Gasteiger partial charge on any atom is 0.321 e. The van der Waals surface area contributed by atoms with Crippen molar-refractivity contribution in [3.05, 3.63) is 69.0 Å². The molecule has 0 aromatic heterocycles. The lowest BCUT2D eigenvalue weighted by molar-refractivity contribution is -0.384. The first-order chi connectivity index (χ1) is 14.3. The number of carbonyl (C=O) groups excluding carboxylic acids is 2. The molecule has 2 aromatic carbocycles. The van der Waals surface area contributed by atoms with Gasteiger partial charge < -0.3 is 15.5 Å². The number of carbonyl (C=O) groups is 2. The molecule has 0 aliphatic carbocycles. The second-order valence-corrected chi connectivity index (χ2v) is 7.41.